The van der Waals surface area contributed by atoms with Crippen LogP contribution in [0.1, 0.15) is 29.7 Å². The first-order valence-electron chi connectivity index (χ1n) is 12.8. The van der Waals surface area contributed by atoms with Crippen molar-refractivity contribution in [2.24, 2.45) is 5.11 Å². The number of anilines is 1. The van der Waals surface area contributed by atoms with E-state index in [9.17, 15) is 14.4 Å². The molecule has 2 amide bonds. The number of hydrogen-bond donors (Lipinski definition) is 2. The van der Waals surface area contributed by atoms with Gasteiger partial charge >= 0.3 is 0 Å². The van der Waals surface area contributed by atoms with Gasteiger partial charge in [0.15, 0.2) is 18.0 Å². The van der Waals surface area contributed by atoms with Crippen LogP contribution in [0, 0.1) is 12.5 Å². The molecule has 15 heteroatoms. The summed E-state index contributed by atoms with van der Waals surface area (Å²) in [6.07, 6.45) is 3.01. The molecule has 0 saturated carbocycles. The fourth-order valence-corrected chi connectivity index (χ4v) is 5.24. The highest BCUT2D eigenvalue weighted by Crippen LogP contribution is 2.33. The van der Waals surface area contributed by atoms with Gasteiger partial charge in [0.05, 0.1) is 12.1 Å². The highest BCUT2D eigenvalue weighted by molar-refractivity contribution is 9.10. The van der Waals surface area contributed by atoms with Gasteiger partial charge < -0.3 is 10.2 Å². The molecule has 5 rings (SSSR count). The lowest BCUT2D eigenvalue weighted by Gasteiger charge is -2.23. The van der Waals surface area contributed by atoms with Crippen LogP contribution in [0.25, 0.3) is 22.0 Å². The first-order valence-corrected chi connectivity index (χ1v) is 13.6. The molecule has 2 atom stereocenters. The number of hydrogen-bond acceptors (Lipinski definition) is 9. The summed E-state index contributed by atoms with van der Waals surface area (Å²) in [6, 6.07) is 9.05. The van der Waals surface area contributed by atoms with Crippen molar-refractivity contribution in [2.75, 3.05) is 18.4 Å². The normalized spacial score (nSPS) is 18.1. The molecule has 1 saturated heterocycles. The van der Waals surface area contributed by atoms with Crippen molar-refractivity contribution in [3.05, 3.63) is 64.9 Å². The van der Waals surface area contributed by atoms with Crippen molar-refractivity contribution in [3.8, 4) is 11.1 Å². The van der Waals surface area contributed by atoms with E-state index < -0.39 is 36.6 Å². The highest BCUT2D eigenvalue weighted by Gasteiger charge is 2.50. The van der Waals surface area contributed by atoms with Gasteiger partial charge in [-0.25, -0.2) is 19.3 Å². The summed E-state index contributed by atoms with van der Waals surface area (Å²) in [4.78, 5) is 56.0. The standard InChI is InChI=1S/C27H24BrFN10O3/c1-15(40)25-19-8-17(18-10-31-16(2)32-11-18)6-7-20(19)39(36-25)12-24(41)38-14-27(29,13-33-37-30)9-21(38)26(42)35-23-5-3-4-22(28)34-23/h3-8,10-11,21,30H,9,12-14H2,1-2H3/p+1/t21-,27-/m0/s1. The maximum Gasteiger partial charge on any atom is 0.248 e. The van der Waals surface area contributed by atoms with E-state index >= 15 is 4.39 Å². The van der Waals surface area contributed by atoms with E-state index in [4.69, 9.17) is 5.53 Å². The van der Waals surface area contributed by atoms with E-state index in [1.165, 1.54) is 11.6 Å². The van der Waals surface area contributed by atoms with Crippen LogP contribution in [0.15, 0.2) is 58.5 Å². The minimum absolute atomic E-state index is 0.166. The molecule has 1 fully saturated rings. The van der Waals surface area contributed by atoms with Crippen molar-refractivity contribution in [1.29, 1.82) is 5.53 Å². The number of carbonyl (C=O) groups excluding carboxylic acids is 3. The van der Waals surface area contributed by atoms with Gasteiger partial charge in [-0.2, -0.15) is 5.10 Å². The number of amides is 2. The fraction of sp³-hybridized carbons (Fsp3) is 0.296. The number of carbonyl (C=O) groups is 3. The number of pyridine rings is 1. The van der Waals surface area contributed by atoms with Gasteiger partial charge in [0.2, 0.25) is 16.7 Å². The van der Waals surface area contributed by atoms with E-state index in [-0.39, 0.29) is 30.3 Å². The number of benzene rings is 1. The average Bonchev–Trinajstić information content (AvgIpc) is 3.50. The summed E-state index contributed by atoms with van der Waals surface area (Å²) in [5, 5.41) is 11.0. The summed E-state index contributed by atoms with van der Waals surface area (Å²) < 4.78 is 17.6. The van der Waals surface area contributed by atoms with Crippen LogP contribution in [-0.2, 0) is 16.1 Å². The predicted octanol–water partition coefficient (Wildman–Crippen LogP) is 3.66. The quantitative estimate of drug-likeness (QED) is 0.129. The Kier molecular flexibility index (Phi) is 7.96. The number of nitrogens with zero attached hydrogens (tertiary/aromatic N) is 8. The maximum atomic E-state index is 15.7. The Morgan fingerprint density at radius 1 is 1.21 bits per heavy atom. The lowest BCUT2D eigenvalue weighted by atomic mass is 10.0. The second kappa shape index (κ2) is 11.6. The summed E-state index contributed by atoms with van der Waals surface area (Å²) in [5.74, 6) is -0.668. The van der Waals surface area contributed by atoms with Crippen LogP contribution in [0.5, 0.6) is 0 Å². The molecule has 42 heavy (non-hydrogen) atoms. The monoisotopic (exact) mass is 635 g/mol. The molecular formula is C27H25BrFN10O3+. The Bertz CT molecular complexity index is 1750. The summed E-state index contributed by atoms with van der Waals surface area (Å²) in [5.41, 5.74) is 7.02. The number of nitrogens with one attached hydrogen (secondary N) is 2. The van der Waals surface area contributed by atoms with Crippen LogP contribution in [0.3, 0.4) is 0 Å². The number of halogens is 2. The molecule has 214 valence electrons. The van der Waals surface area contributed by atoms with Gasteiger partial charge in [-0.05, 0) is 52.7 Å². The Morgan fingerprint density at radius 2 is 1.98 bits per heavy atom. The van der Waals surface area contributed by atoms with E-state index in [0.29, 0.717) is 21.3 Å². The first kappa shape index (κ1) is 28.8. The second-order valence-electron chi connectivity index (χ2n) is 9.94. The van der Waals surface area contributed by atoms with Crippen LogP contribution in [0.4, 0.5) is 10.2 Å². The SMILES string of the molecule is CC(=O)c1nn(CC(=O)N2C[C@@](F)(CN=[N+]=N)C[C@H]2C(=O)Nc2cccc(Br)n2)c2ccc(-c3cnc(C)nc3)cc12. The summed E-state index contributed by atoms with van der Waals surface area (Å²) in [6.45, 7) is 1.88. The minimum Gasteiger partial charge on any atom is -0.326 e. The molecule has 4 heterocycles. The van der Waals surface area contributed by atoms with Crippen LogP contribution in [-0.4, -0.2) is 72.0 Å². The number of alkyl halides is 1. The van der Waals surface area contributed by atoms with E-state index in [2.05, 4.69) is 51.3 Å². The van der Waals surface area contributed by atoms with Gasteiger partial charge in [0, 0.05) is 36.7 Å². The maximum absolute atomic E-state index is 15.7. The van der Waals surface area contributed by atoms with E-state index in [1.54, 1.807) is 55.7 Å². The van der Waals surface area contributed by atoms with Crippen molar-refractivity contribution in [2.45, 2.75) is 38.5 Å². The third-order valence-electron chi connectivity index (χ3n) is 6.89. The van der Waals surface area contributed by atoms with E-state index in [0.717, 1.165) is 16.0 Å². The number of fused-ring (bicyclic) bond motifs is 1. The number of aryl methyl sites for hydroxylation is 1. The Hall–Kier alpha value is -4.75. The molecule has 1 aromatic carbocycles. The van der Waals surface area contributed by atoms with Crippen LogP contribution in [0.2, 0.25) is 0 Å². The van der Waals surface area contributed by atoms with E-state index in [1.807, 2.05) is 0 Å². The molecule has 0 radical (unpaired) electrons. The molecule has 13 nitrogen and oxygen atoms in total. The summed E-state index contributed by atoms with van der Waals surface area (Å²) in [7, 11) is 0. The summed E-state index contributed by atoms with van der Waals surface area (Å²) >= 11 is 3.24. The fourth-order valence-electron chi connectivity index (χ4n) is 4.90. The third-order valence-corrected chi connectivity index (χ3v) is 7.33. The molecule has 0 unspecified atom stereocenters. The van der Waals surface area contributed by atoms with Crippen molar-refractivity contribution in [1.82, 2.24) is 34.5 Å². The van der Waals surface area contributed by atoms with Crippen LogP contribution < -0.4 is 10.2 Å². The molecule has 1 aliphatic rings. The van der Waals surface area contributed by atoms with Crippen LogP contribution >= 0.6 is 15.9 Å². The largest absolute Gasteiger partial charge is 0.326 e. The zero-order valence-electron chi connectivity index (χ0n) is 22.6. The van der Waals surface area contributed by atoms with Crippen molar-refractivity contribution < 1.29 is 18.8 Å². The topological polar surface area (TPSA) is 173 Å². The lowest BCUT2D eigenvalue weighted by Crippen LogP contribution is -2.45. The number of likely N-dealkylation sites (tertiary alicyclic amines) is 1. The van der Waals surface area contributed by atoms with Gasteiger partial charge in [0.25, 0.3) is 0 Å². The molecule has 1 aliphatic heterocycles. The number of ketones is 1. The smallest absolute Gasteiger partial charge is 0.248 e. The first-order chi connectivity index (χ1) is 20.1. The molecule has 4 aromatic rings. The molecular weight excluding hydrogens is 611 g/mol. The van der Waals surface area contributed by atoms with Gasteiger partial charge in [-0.15, -0.1) is 0 Å². The molecule has 0 spiro atoms. The Balaban J connectivity index is 1.45. The lowest BCUT2D eigenvalue weighted by molar-refractivity contribution is -0.137. The zero-order valence-corrected chi connectivity index (χ0v) is 24.2. The van der Waals surface area contributed by atoms with Crippen molar-refractivity contribution in [3.63, 3.8) is 0 Å². The number of Topliss-reactive ketones (excluding diaryl/α,β-unsaturated/α-hetero) is 1. The third kappa shape index (κ3) is 5.97. The number of aromatic nitrogens is 5. The Morgan fingerprint density at radius 3 is 2.67 bits per heavy atom. The van der Waals surface area contributed by atoms with Crippen molar-refractivity contribution >= 4 is 50.2 Å². The molecule has 0 bridgehead atoms. The Labute approximate surface area is 246 Å². The second-order valence-corrected chi connectivity index (χ2v) is 10.8. The molecule has 0 aliphatic carbocycles. The average molecular weight is 636 g/mol. The molecule has 3 aromatic heterocycles. The van der Waals surface area contributed by atoms with Gasteiger partial charge in [0.1, 0.15) is 45.2 Å². The molecule has 2 N–H and O–H groups in total. The highest BCUT2D eigenvalue weighted by atomic mass is 79.9. The zero-order chi connectivity index (χ0) is 30.0. The van der Waals surface area contributed by atoms with Gasteiger partial charge in [-0.3, -0.25) is 19.1 Å². The van der Waals surface area contributed by atoms with Gasteiger partial charge in [-0.1, -0.05) is 12.1 Å². The minimum atomic E-state index is -2.07. The predicted molar refractivity (Wildman–Crippen MR) is 152 cm³/mol. The number of rotatable bonds is 8.